The molecular formula is C19H26N4O2. The van der Waals surface area contributed by atoms with Crippen LogP contribution in [0.25, 0.3) is 0 Å². The zero-order valence-corrected chi connectivity index (χ0v) is 15.1. The summed E-state index contributed by atoms with van der Waals surface area (Å²) in [7, 11) is 1.80. The fourth-order valence-corrected chi connectivity index (χ4v) is 3.21. The first-order valence-electron chi connectivity index (χ1n) is 8.72. The van der Waals surface area contributed by atoms with Gasteiger partial charge in [0, 0.05) is 37.6 Å². The summed E-state index contributed by atoms with van der Waals surface area (Å²) in [6.07, 6.45) is 5.69. The van der Waals surface area contributed by atoms with Gasteiger partial charge in [0.25, 0.3) is 5.91 Å². The monoisotopic (exact) mass is 342 g/mol. The number of aliphatic hydroxyl groups is 1. The van der Waals surface area contributed by atoms with Crippen LogP contribution in [0.4, 0.5) is 5.69 Å². The van der Waals surface area contributed by atoms with E-state index in [4.69, 9.17) is 0 Å². The van der Waals surface area contributed by atoms with Crippen LogP contribution in [0.1, 0.15) is 41.3 Å². The minimum absolute atomic E-state index is 0.130. The Morgan fingerprint density at radius 2 is 2.08 bits per heavy atom. The van der Waals surface area contributed by atoms with Crippen LogP contribution in [0.5, 0.6) is 0 Å². The number of nitrogens with zero attached hydrogens (tertiary/aromatic N) is 3. The van der Waals surface area contributed by atoms with Crippen molar-refractivity contribution in [2.24, 2.45) is 7.05 Å². The number of benzene rings is 1. The Hall–Kier alpha value is -2.34. The Labute approximate surface area is 148 Å². The SMILES string of the molecule is Cc1ccc(N2CCCC2)c(C(=O)NCC(C)(O)c2cnn(C)c2)c1. The summed E-state index contributed by atoms with van der Waals surface area (Å²) in [5.41, 5.74) is 2.21. The number of amides is 1. The van der Waals surface area contributed by atoms with Crippen LogP contribution >= 0.6 is 0 Å². The molecule has 1 unspecified atom stereocenters. The average molecular weight is 342 g/mol. The van der Waals surface area contributed by atoms with E-state index in [9.17, 15) is 9.90 Å². The lowest BCUT2D eigenvalue weighted by Gasteiger charge is -2.24. The van der Waals surface area contributed by atoms with E-state index in [1.165, 1.54) is 0 Å². The van der Waals surface area contributed by atoms with Crippen LogP contribution in [0.2, 0.25) is 0 Å². The molecule has 1 saturated heterocycles. The number of aryl methyl sites for hydroxylation is 2. The molecule has 1 aliphatic heterocycles. The normalized spacial score (nSPS) is 16.7. The molecule has 25 heavy (non-hydrogen) atoms. The van der Waals surface area contributed by atoms with E-state index in [0.717, 1.165) is 37.2 Å². The summed E-state index contributed by atoms with van der Waals surface area (Å²) in [6, 6.07) is 5.98. The van der Waals surface area contributed by atoms with Crippen molar-refractivity contribution < 1.29 is 9.90 Å². The maximum Gasteiger partial charge on any atom is 0.253 e. The van der Waals surface area contributed by atoms with Crippen molar-refractivity contribution in [3.8, 4) is 0 Å². The van der Waals surface area contributed by atoms with Crippen LogP contribution in [-0.4, -0.2) is 40.4 Å². The van der Waals surface area contributed by atoms with Crippen molar-refractivity contribution in [3.63, 3.8) is 0 Å². The van der Waals surface area contributed by atoms with E-state index in [1.807, 2.05) is 25.1 Å². The van der Waals surface area contributed by atoms with Crippen molar-refractivity contribution >= 4 is 11.6 Å². The molecule has 6 heteroatoms. The Bertz CT molecular complexity index is 761. The van der Waals surface area contributed by atoms with Gasteiger partial charge in [0.05, 0.1) is 18.3 Å². The molecule has 1 fully saturated rings. The topological polar surface area (TPSA) is 70.4 Å². The Morgan fingerprint density at radius 1 is 1.36 bits per heavy atom. The summed E-state index contributed by atoms with van der Waals surface area (Å²) in [5.74, 6) is -0.158. The number of carbonyl (C=O) groups excluding carboxylic acids is 1. The molecule has 1 amide bonds. The molecular weight excluding hydrogens is 316 g/mol. The van der Waals surface area contributed by atoms with E-state index in [1.54, 1.807) is 31.0 Å². The number of aromatic nitrogens is 2. The van der Waals surface area contributed by atoms with Crippen molar-refractivity contribution in [2.45, 2.75) is 32.3 Å². The molecule has 0 saturated carbocycles. The van der Waals surface area contributed by atoms with Gasteiger partial charge < -0.3 is 15.3 Å². The average Bonchev–Trinajstić information content (AvgIpc) is 3.24. The fourth-order valence-electron chi connectivity index (χ4n) is 3.21. The highest BCUT2D eigenvalue weighted by Gasteiger charge is 2.27. The van der Waals surface area contributed by atoms with E-state index in [2.05, 4.69) is 15.3 Å². The smallest absolute Gasteiger partial charge is 0.253 e. The van der Waals surface area contributed by atoms with Crippen LogP contribution in [0.15, 0.2) is 30.6 Å². The van der Waals surface area contributed by atoms with Gasteiger partial charge in [-0.1, -0.05) is 11.6 Å². The minimum Gasteiger partial charge on any atom is -0.383 e. The first kappa shape index (κ1) is 17.5. The molecule has 1 aliphatic rings. The van der Waals surface area contributed by atoms with Gasteiger partial charge in [-0.05, 0) is 38.8 Å². The molecule has 3 rings (SSSR count). The third-order valence-electron chi connectivity index (χ3n) is 4.76. The third-order valence-corrected chi connectivity index (χ3v) is 4.76. The maximum absolute atomic E-state index is 12.8. The molecule has 1 aromatic carbocycles. The highest BCUT2D eigenvalue weighted by Crippen LogP contribution is 2.26. The van der Waals surface area contributed by atoms with Crippen LogP contribution < -0.4 is 10.2 Å². The lowest BCUT2D eigenvalue weighted by molar-refractivity contribution is 0.0526. The second-order valence-electron chi connectivity index (χ2n) is 7.07. The van der Waals surface area contributed by atoms with Crippen molar-refractivity contribution in [2.75, 3.05) is 24.5 Å². The molecule has 2 aromatic rings. The number of nitrogens with one attached hydrogen (secondary N) is 1. The lowest BCUT2D eigenvalue weighted by atomic mass is 9.99. The Balaban J connectivity index is 1.76. The summed E-state index contributed by atoms with van der Waals surface area (Å²) in [6.45, 7) is 5.76. The molecule has 6 nitrogen and oxygen atoms in total. The van der Waals surface area contributed by atoms with Gasteiger partial charge in [0.2, 0.25) is 0 Å². The lowest BCUT2D eigenvalue weighted by Crippen LogP contribution is -2.39. The minimum atomic E-state index is -1.17. The Morgan fingerprint density at radius 3 is 2.72 bits per heavy atom. The predicted molar refractivity (Wildman–Crippen MR) is 97.7 cm³/mol. The van der Waals surface area contributed by atoms with Crippen molar-refractivity contribution in [1.29, 1.82) is 0 Å². The Kier molecular flexibility index (Phi) is 4.81. The third kappa shape index (κ3) is 3.85. The van der Waals surface area contributed by atoms with Crippen LogP contribution in [0.3, 0.4) is 0 Å². The second kappa shape index (κ2) is 6.88. The quantitative estimate of drug-likeness (QED) is 0.871. The summed E-state index contributed by atoms with van der Waals surface area (Å²) in [5, 5.41) is 17.6. The highest BCUT2D eigenvalue weighted by atomic mass is 16.3. The number of hydrogen-bond donors (Lipinski definition) is 2. The number of carbonyl (C=O) groups is 1. The van der Waals surface area contributed by atoms with E-state index < -0.39 is 5.60 Å². The number of anilines is 1. The van der Waals surface area contributed by atoms with Gasteiger partial charge in [-0.3, -0.25) is 9.48 Å². The van der Waals surface area contributed by atoms with Gasteiger partial charge in [-0.25, -0.2) is 0 Å². The zero-order valence-electron chi connectivity index (χ0n) is 15.1. The molecule has 0 bridgehead atoms. The first-order valence-corrected chi connectivity index (χ1v) is 8.72. The fraction of sp³-hybridized carbons (Fsp3) is 0.474. The summed E-state index contributed by atoms with van der Waals surface area (Å²) >= 11 is 0. The highest BCUT2D eigenvalue weighted by molar-refractivity contribution is 6.00. The predicted octanol–water partition coefficient (Wildman–Crippen LogP) is 1.97. The summed E-state index contributed by atoms with van der Waals surface area (Å²) in [4.78, 5) is 15.0. The summed E-state index contributed by atoms with van der Waals surface area (Å²) < 4.78 is 1.64. The molecule has 0 aliphatic carbocycles. The number of rotatable bonds is 5. The molecule has 2 heterocycles. The number of hydrogen-bond acceptors (Lipinski definition) is 4. The molecule has 2 N–H and O–H groups in total. The van der Waals surface area contributed by atoms with Crippen molar-refractivity contribution in [3.05, 3.63) is 47.3 Å². The second-order valence-corrected chi connectivity index (χ2v) is 7.07. The van der Waals surface area contributed by atoms with Gasteiger partial charge in [0.1, 0.15) is 5.60 Å². The molecule has 1 atom stereocenters. The molecule has 1 aromatic heterocycles. The van der Waals surface area contributed by atoms with E-state index in [0.29, 0.717) is 11.1 Å². The standard InChI is InChI=1S/C19H26N4O2/c1-14-6-7-17(23-8-4-5-9-23)16(10-14)18(24)20-13-19(2,25)15-11-21-22(3)12-15/h6-7,10-12,25H,4-5,8-9,13H2,1-3H3,(H,20,24). The van der Waals surface area contributed by atoms with Gasteiger partial charge in [-0.2, -0.15) is 5.10 Å². The maximum atomic E-state index is 12.8. The van der Waals surface area contributed by atoms with Gasteiger partial charge in [0.15, 0.2) is 0 Å². The largest absolute Gasteiger partial charge is 0.383 e. The zero-order chi connectivity index (χ0) is 18.0. The molecule has 0 radical (unpaired) electrons. The molecule has 134 valence electrons. The van der Waals surface area contributed by atoms with Crippen LogP contribution in [0, 0.1) is 6.92 Å². The van der Waals surface area contributed by atoms with Gasteiger partial charge in [-0.15, -0.1) is 0 Å². The van der Waals surface area contributed by atoms with Crippen LogP contribution in [-0.2, 0) is 12.6 Å². The van der Waals surface area contributed by atoms with E-state index >= 15 is 0 Å². The van der Waals surface area contributed by atoms with Crippen molar-refractivity contribution in [1.82, 2.24) is 15.1 Å². The molecule has 0 spiro atoms. The van der Waals surface area contributed by atoms with E-state index in [-0.39, 0.29) is 12.5 Å². The van der Waals surface area contributed by atoms with Gasteiger partial charge >= 0.3 is 0 Å². The first-order chi connectivity index (χ1) is 11.9.